The fourth-order valence-electron chi connectivity index (χ4n) is 7.35. The van der Waals surface area contributed by atoms with Crippen molar-refractivity contribution < 1.29 is 33.6 Å². The minimum atomic E-state index is -0.808. The van der Waals surface area contributed by atoms with E-state index in [0.717, 1.165) is 64.9 Å². The van der Waals surface area contributed by atoms with Gasteiger partial charge >= 0.3 is 12.0 Å². The lowest BCUT2D eigenvalue weighted by molar-refractivity contribution is -0.276. The molecule has 0 saturated carbocycles. The molecule has 53 heavy (non-hydrogen) atoms. The number of likely N-dealkylation sites (tertiary alicyclic amines) is 1. The number of rotatable bonds is 14. The van der Waals surface area contributed by atoms with Crippen LogP contribution in [0.15, 0.2) is 103 Å². The van der Waals surface area contributed by atoms with Crippen molar-refractivity contribution in [1.29, 1.82) is 0 Å². The number of hydrogen-bond donors (Lipinski definition) is 3. The van der Waals surface area contributed by atoms with Crippen molar-refractivity contribution in [3.8, 4) is 11.1 Å². The van der Waals surface area contributed by atoms with Crippen LogP contribution in [-0.2, 0) is 43.3 Å². The number of aliphatic hydroxyl groups excluding tert-OH is 1. The average molecular weight is 722 g/mol. The molecule has 6 rings (SSSR count). The molecule has 2 saturated heterocycles. The highest BCUT2D eigenvalue weighted by molar-refractivity contribution is 5.83. The Morgan fingerprint density at radius 1 is 0.868 bits per heavy atom. The molecule has 4 aromatic rings. The zero-order valence-corrected chi connectivity index (χ0v) is 30.8. The summed E-state index contributed by atoms with van der Waals surface area (Å²) in [7, 11) is 3.08. The van der Waals surface area contributed by atoms with Gasteiger partial charge in [0.1, 0.15) is 6.04 Å². The van der Waals surface area contributed by atoms with Crippen molar-refractivity contribution in [1.82, 2.24) is 15.5 Å². The lowest BCUT2D eigenvalue weighted by Gasteiger charge is -2.43. The van der Waals surface area contributed by atoms with Gasteiger partial charge in [-0.25, -0.2) is 9.59 Å². The van der Waals surface area contributed by atoms with Gasteiger partial charge in [-0.15, -0.1) is 0 Å². The van der Waals surface area contributed by atoms with Gasteiger partial charge in [0.05, 0.1) is 32.5 Å². The number of carbonyl (C=O) groups is 2. The van der Waals surface area contributed by atoms with E-state index in [4.69, 9.17) is 18.9 Å². The van der Waals surface area contributed by atoms with Crippen LogP contribution in [0.5, 0.6) is 0 Å². The van der Waals surface area contributed by atoms with Gasteiger partial charge in [0, 0.05) is 44.1 Å². The molecular formula is C43H51N3O7. The maximum Gasteiger partial charge on any atom is 0.328 e. The molecule has 2 heterocycles. The molecule has 0 unspecified atom stereocenters. The maximum atomic E-state index is 12.8. The van der Waals surface area contributed by atoms with E-state index in [0.29, 0.717) is 19.1 Å². The standard InChI is InChI=1S/C43H51N3O7/c1-29-39(26-46-22-8-13-37(46)28-50-2)52-42(53-40(29)34-16-14-31(27-47)15-17-34)35-20-18-33(19-21-35)36-12-7-11-32(23-36)25-44-43(49)45-38(41(48)51-3)24-30-9-5-4-6-10-30/h4-7,9-12,14-21,23,29,37-40,42,47H,8,13,22,24-28H2,1-3H3,(H2,44,45,49)/t29-,37-,38-,39+,40+,42+/m0/s1. The Balaban J connectivity index is 1.12. The number of carbonyl (C=O) groups excluding carboxylic acids is 2. The van der Waals surface area contributed by atoms with Crippen LogP contribution < -0.4 is 10.6 Å². The number of methoxy groups -OCH3 is 2. The number of nitrogens with zero attached hydrogens (tertiary/aromatic N) is 1. The summed E-state index contributed by atoms with van der Waals surface area (Å²) >= 11 is 0. The van der Waals surface area contributed by atoms with Gasteiger partial charge in [-0.3, -0.25) is 4.90 Å². The highest BCUT2D eigenvalue weighted by atomic mass is 16.7. The molecule has 0 aliphatic carbocycles. The van der Waals surface area contributed by atoms with Crippen LogP contribution >= 0.6 is 0 Å². The quantitative estimate of drug-likeness (QED) is 0.129. The van der Waals surface area contributed by atoms with Crippen molar-refractivity contribution in [2.45, 2.75) is 69.9 Å². The second-order valence-electron chi connectivity index (χ2n) is 14.0. The minimum absolute atomic E-state index is 0.000670. The van der Waals surface area contributed by atoms with E-state index in [9.17, 15) is 14.7 Å². The third-order valence-electron chi connectivity index (χ3n) is 10.4. The number of urea groups is 1. The van der Waals surface area contributed by atoms with E-state index in [1.165, 1.54) is 7.11 Å². The summed E-state index contributed by atoms with van der Waals surface area (Å²) < 4.78 is 23.9. The summed E-state index contributed by atoms with van der Waals surface area (Å²) in [6, 6.07) is 32.9. The SMILES string of the molecule is COC[C@@H]1CCCN1C[C@H]1O[C@@H](c2ccc(-c3cccc(CNC(=O)N[C@@H](Cc4ccccc4)C(=O)OC)c3)cc2)O[C@@H](c2ccc(CO)cc2)[C@H]1C. The van der Waals surface area contributed by atoms with Gasteiger partial charge in [0.25, 0.3) is 0 Å². The molecule has 0 spiro atoms. The van der Waals surface area contributed by atoms with Gasteiger partial charge in [-0.05, 0) is 58.8 Å². The van der Waals surface area contributed by atoms with Gasteiger partial charge in [0.2, 0.25) is 0 Å². The average Bonchev–Trinajstić information content (AvgIpc) is 3.64. The first-order valence-electron chi connectivity index (χ1n) is 18.4. The zero-order chi connectivity index (χ0) is 37.2. The third kappa shape index (κ3) is 9.90. The summed E-state index contributed by atoms with van der Waals surface area (Å²) in [4.78, 5) is 27.7. The summed E-state index contributed by atoms with van der Waals surface area (Å²) in [6.07, 6.45) is 1.80. The monoisotopic (exact) mass is 721 g/mol. The lowest BCUT2D eigenvalue weighted by Crippen LogP contribution is -2.47. The predicted octanol–water partition coefficient (Wildman–Crippen LogP) is 6.33. The van der Waals surface area contributed by atoms with E-state index in [1.54, 1.807) is 7.11 Å². The van der Waals surface area contributed by atoms with Crippen LogP contribution in [0.1, 0.15) is 60.0 Å². The van der Waals surface area contributed by atoms with Crippen molar-refractivity contribution in [3.63, 3.8) is 0 Å². The second kappa shape index (κ2) is 18.4. The highest BCUT2D eigenvalue weighted by Gasteiger charge is 2.40. The third-order valence-corrected chi connectivity index (χ3v) is 10.4. The van der Waals surface area contributed by atoms with Crippen LogP contribution in [0.25, 0.3) is 11.1 Å². The Kier molecular flexibility index (Phi) is 13.3. The zero-order valence-electron chi connectivity index (χ0n) is 30.8. The first kappa shape index (κ1) is 38.2. The van der Waals surface area contributed by atoms with Gasteiger partial charge in [-0.1, -0.05) is 104 Å². The van der Waals surface area contributed by atoms with Gasteiger partial charge < -0.3 is 34.7 Å². The van der Waals surface area contributed by atoms with E-state index in [2.05, 4.69) is 46.7 Å². The Morgan fingerprint density at radius 2 is 1.60 bits per heavy atom. The second-order valence-corrected chi connectivity index (χ2v) is 14.0. The Bertz CT molecular complexity index is 1770. The van der Waals surface area contributed by atoms with Crippen LogP contribution in [0.2, 0.25) is 0 Å². The van der Waals surface area contributed by atoms with Crippen LogP contribution in [0.4, 0.5) is 4.79 Å². The summed E-state index contributed by atoms with van der Waals surface area (Å²) in [5, 5.41) is 15.2. The first-order chi connectivity index (χ1) is 25.8. The molecule has 2 amide bonds. The molecule has 10 heteroatoms. The molecule has 4 aromatic carbocycles. The number of amides is 2. The number of nitrogens with one attached hydrogen (secondary N) is 2. The first-order valence-corrected chi connectivity index (χ1v) is 18.4. The maximum absolute atomic E-state index is 12.8. The Morgan fingerprint density at radius 3 is 2.32 bits per heavy atom. The molecule has 0 aromatic heterocycles. The lowest BCUT2D eigenvalue weighted by atomic mass is 9.89. The number of ether oxygens (including phenoxy) is 4. The number of hydrogen-bond acceptors (Lipinski definition) is 8. The number of benzene rings is 4. The topological polar surface area (TPSA) is 119 Å². The van der Waals surface area contributed by atoms with Gasteiger partial charge in [0.15, 0.2) is 6.29 Å². The summed E-state index contributed by atoms with van der Waals surface area (Å²) in [6.45, 7) is 5.02. The van der Waals surface area contributed by atoms with Crippen molar-refractivity contribution >= 4 is 12.0 Å². The normalized spacial score (nSPS) is 22.2. The van der Waals surface area contributed by atoms with Crippen LogP contribution in [0.3, 0.4) is 0 Å². The highest BCUT2D eigenvalue weighted by Crippen LogP contribution is 2.42. The molecule has 2 fully saturated rings. The van der Waals surface area contributed by atoms with E-state index < -0.39 is 24.3 Å². The predicted molar refractivity (Wildman–Crippen MR) is 203 cm³/mol. The molecule has 0 bridgehead atoms. The van der Waals surface area contributed by atoms with E-state index >= 15 is 0 Å². The van der Waals surface area contributed by atoms with E-state index in [1.807, 2.05) is 78.9 Å². The molecular weight excluding hydrogens is 670 g/mol. The van der Waals surface area contributed by atoms with Crippen LogP contribution in [-0.4, -0.2) is 74.1 Å². The fraction of sp³-hybridized carbons (Fsp3) is 0.395. The number of esters is 1. The van der Waals surface area contributed by atoms with Crippen molar-refractivity contribution in [2.75, 3.05) is 33.9 Å². The van der Waals surface area contributed by atoms with Gasteiger partial charge in [-0.2, -0.15) is 0 Å². The van der Waals surface area contributed by atoms with Crippen molar-refractivity contribution in [2.24, 2.45) is 5.92 Å². The Hall–Kier alpha value is -4.58. The Labute approximate surface area is 312 Å². The fourth-order valence-corrected chi connectivity index (χ4v) is 7.35. The molecule has 280 valence electrons. The van der Waals surface area contributed by atoms with E-state index in [-0.39, 0.29) is 31.3 Å². The minimum Gasteiger partial charge on any atom is -0.467 e. The largest absolute Gasteiger partial charge is 0.467 e. The molecule has 6 atom stereocenters. The molecule has 2 aliphatic heterocycles. The summed E-state index contributed by atoms with van der Waals surface area (Å²) in [5.74, 6) is -0.402. The van der Waals surface area contributed by atoms with Crippen molar-refractivity contribution in [3.05, 3.63) is 131 Å². The molecule has 3 N–H and O–H groups in total. The number of aliphatic hydroxyl groups is 1. The smallest absolute Gasteiger partial charge is 0.328 e. The molecule has 0 radical (unpaired) electrons. The molecule has 10 nitrogen and oxygen atoms in total. The molecule has 2 aliphatic rings. The summed E-state index contributed by atoms with van der Waals surface area (Å²) in [5.41, 5.74) is 6.72. The van der Waals surface area contributed by atoms with Crippen LogP contribution in [0, 0.1) is 5.92 Å².